The molecule has 0 atom stereocenters. The molecule has 35 heavy (non-hydrogen) atoms. The molecule has 1 fully saturated rings. The van der Waals surface area contributed by atoms with Gasteiger partial charge in [0.05, 0.1) is 4.90 Å². The van der Waals surface area contributed by atoms with Crippen molar-refractivity contribution in [2.45, 2.75) is 25.7 Å². The third kappa shape index (κ3) is 5.54. The van der Waals surface area contributed by atoms with Crippen LogP contribution in [0.4, 0.5) is 11.4 Å². The zero-order chi connectivity index (χ0) is 25.2. The van der Waals surface area contributed by atoms with E-state index in [1.807, 2.05) is 38.1 Å². The first kappa shape index (κ1) is 24.5. The summed E-state index contributed by atoms with van der Waals surface area (Å²) in [5.74, 6) is -0.0452. The van der Waals surface area contributed by atoms with Crippen LogP contribution >= 0.6 is 0 Å². The molecule has 1 saturated heterocycles. The van der Waals surface area contributed by atoms with E-state index in [0.717, 1.165) is 16.8 Å². The Morgan fingerprint density at radius 3 is 1.94 bits per heavy atom. The molecule has 3 aromatic rings. The molecule has 0 saturated carbocycles. The number of aryl methyl sites for hydroxylation is 2. The summed E-state index contributed by atoms with van der Waals surface area (Å²) in [6, 6.07) is 19.0. The van der Waals surface area contributed by atoms with Gasteiger partial charge in [-0.1, -0.05) is 6.07 Å². The minimum absolute atomic E-state index is 0.0380. The molecular formula is C27H29N3O4S. The minimum Gasteiger partial charge on any atom is -0.368 e. The summed E-state index contributed by atoms with van der Waals surface area (Å²) in [5.41, 5.74) is 4.56. The normalized spacial score (nSPS) is 14.0. The second-order valence-corrected chi connectivity index (χ2v) is 10.5. The smallest absolute Gasteiger partial charge is 0.261 e. The number of carbonyl (C=O) groups is 2. The number of benzene rings is 3. The number of rotatable bonds is 6. The van der Waals surface area contributed by atoms with E-state index < -0.39 is 10.0 Å². The molecule has 7 nitrogen and oxygen atoms in total. The molecule has 1 aliphatic rings. The van der Waals surface area contributed by atoms with Crippen LogP contribution in [0.5, 0.6) is 0 Å². The zero-order valence-corrected chi connectivity index (χ0v) is 20.9. The lowest BCUT2D eigenvalue weighted by atomic mass is 10.1. The molecule has 1 N–H and O–H groups in total. The maximum absolute atomic E-state index is 13.0. The summed E-state index contributed by atoms with van der Waals surface area (Å²) in [6.45, 7) is 7.90. The van der Waals surface area contributed by atoms with Crippen molar-refractivity contribution in [3.8, 4) is 0 Å². The molecule has 1 aliphatic heterocycles. The van der Waals surface area contributed by atoms with E-state index in [9.17, 15) is 18.0 Å². The van der Waals surface area contributed by atoms with Crippen molar-refractivity contribution >= 4 is 33.1 Å². The van der Waals surface area contributed by atoms with E-state index in [2.05, 4.69) is 9.62 Å². The molecule has 0 bridgehead atoms. The predicted octanol–water partition coefficient (Wildman–Crippen LogP) is 4.27. The average molecular weight is 492 g/mol. The Morgan fingerprint density at radius 1 is 0.771 bits per heavy atom. The lowest BCUT2D eigenvalue weighted by Gasteiger charge is -2.36. The Hall–Kier alpha value is -3.65. The summed E-state index contributed by atoms with van der Waals surface area (Å²) in [5, 5.41) is 0. The molecule has 0 spiro atoms. The number of anilines is 2. The van der Waals surface area contributed by atoms with Crippen LogP contribution in [-0.4, -0.2) is 51.2 Å². The molecule has 3 aromatic carbocycles. The minimum atomic E-state index is -3.72. The van der Waals surface area contributed by atoms with E-state index in [0.29, 0.717) is 43.0 Å². The van der Waals surface area contributed by atoms with Crippen LogP contribution < -0.4 is 9.62 Å². The molecular weight excluding hydrogens is 462 g/mol. The van der Waals surface area contributed by atoms with E-state index in [-0.39, 0.29) is 16.6 Å². The van der Waals surface area contributed by atoms with E-state index >= 15 is 0 Å². The van der Waals surface area contributed by atoms with Crippen molar-refractivity contribution in [2.75, 3.05) is 35.8 Å². The highest BCUT2D eigenvalue weighted by Crippen LogP contribution is 2.21. The number of Topliss-reactive ketones (excluding diaryl/α,β-unsaturated/α-hetero) is 1. The molecule has 1 heterocycles. The number of carbonyl (C=O) groups excluding carboxylic acids is 2. The first-order valence-corrected chi connectivity index (χ1v) is 13.0. The molecule has 8 heteroatoms. The second kappa shape index (κ2) is 9.92. The van der Waals surface area contributed by atoms with E-state index in [1.54, 1.807) is 54.3 Å². The van der Waals surface area contributed by atoms with Gasteiger partial charge in [0, 0.05) is 48.7 Å². The van der Waals surface area contributed by atoms with Crippen molar-refractivity contribution in [1.29, 1.82) is 0 Å². The van der Waals surface area contributed by atoms with Crippen molar-refractivity contribution in [3.63, 3.8) is 0 Å². The van der Waals surface area contributed by atoms with Gasteiger partial charge in [0.25, 0.3) is 15.9 Å². The fourth-order valence-corrected chi connectivity index (χ4v) is 5.18. The standard InChI is InChI=1S/C27H29N3O4S/c1-19-4-13-26(18-20(19)2)35(33,34)28-24-9-5-23(6-10-24)27(32)30-16-14-29(15-17-30)25-11-7-22(8-12-25)21(3)31/h4-13,18,28H,14-17H2,1-3H3. The van der Waals surface area contributed by atoms with E-state index in [4.69, 9.17) is 0 Å². The fourth-order valence-electron chi connectivity index (χ4n) is 4.03. The summed E-state index contributed by atoms with van der Waals surface area (Å²) < 4.78 is 28.0. The molecule has 182 valence electrons. The van der Waals surface area contributed by atoms with Crippen LogP contribution in [-0.2, 0) is 10.0 Å². The number of nitrogens with zero attached hydrogens (tertiary/aromatic N) is 2. The van der Waals surface area contributed by atoms with Gasteiger partial charge in [-0.25, -0.2) is 8.42 Å². The number of nitrogens with one attached hydrogen (secondary N) is 1. The van der Waals surface area contributed by atoms with Crippen LogP contribution in [0.3, 0.4) is 0 Å². The van der Waals surface area contributed by atoms with E-state index in [1.165, 1.54) is 0 Å². The molecule has 0 aliphatic carbocycles. The molecule has 1 amide bonds. The number of ketones is 1. The summed E-state index contributed by atoms with van der Waals surface area (Å²) in [4.78, 5) is 28.6. The Bertz CT molecular complexity index is 1340. The Morgan fingerprint density at radius 2 is 1.37 bits per heavy atom. The largest absolute Gasteiger partial charge is 0.368 e. The average Bonchev–Trinajstić information content (AvgIpc) is 2.85. The highest BCUT2D eigenvalue weighted by Gasteiger charge is 2.23. The quantitative estimate of drug-likeness (QED) is 0.521. The lowest BCUT2D eigenvalue weighted by Crippen LogP contribution is -2.48. The third-order valence-electron chi connectivity index (χ3n) is 6.38. The predicted molar refractivity (Wildman–Crippen MR) is 138 cm³/mol. The van der Waals surface area contributed by atoms with Crippen LogP contribution in [0.1, 0.15) is 38.8 Å². The summed E-state index contributed by atoms with van der Waals surface area (Å²) in [6.07, 6.45) is 0. The number of piperazine rings is 1. The van der Waals surface area contributed by atoms with Crippen molar-refractivity contribution < 1.29 is 18.0 Å². The van der Waals surface area contributed by atoms with Gasteiger partial charge in [0.2, 0.25) is 0 Å². The monoisotopic (exact) mass is 491 g/mol. The highest BCUT2D eigenvalue weighted by molar-refractivity contribution is 7.92. The first-order valence-electron chi connectivity index (χ1n) is 11.5. The maximum Gasteiger partial charge on any atom is 0.261 e. The number of hydrogen-bond donors (Lipinski definition) is 1. The molecule has 0 radical (unpaired) electrons. The van der Waals surface area contributed by atoms with Gasteiger partial charge >= 0.3 is 0 Å². The lowest BCUT2D eigenvalue weighted by molar-refractivity contribution is 0.0746. The van der Waals surface area contributed by atoms with Crippen LogP contribution in [0, 0.1) is 13.8 Å². The van der Waals surface area contributed by atoms with Crippen LogP contribution in [0.15, 0.2) is 71.6 Å². The maximum atomic E-state index is 13.0. The topological polar surface area (TPSA) is 86.8 Å². The summed E-state index contributed by atoms with van der Waals surface area (Å²) in [7, 11) is -3.72. The van der Waals surface area contributed by atoms with Gasteiger partial charge in [-0.15, -0.1) is 0 Å². The summed E-state index contributed by atoms with van der Waals surface area (Å²) >= 11 is 0. The van der Waals surface area contributed by atoms with Gasteiger partial charge < -0.3 is 9.80 Å². The highest BCUT2D eigenvalue weighted by atomic mass is 32.2. The number of sulfonamides is 1. The Kier molecular flexibility index (Phi) is 6.93. The molecule has 0 unspecified atom stereocenters. The Balaban J connectivity index is 1.37. The third-order valence-corrected chi connectivity index (χ3v) is 7.76. The van der Waals surface area contributed by atoms with Gasteiger partial charge in [0.15, 0.2) is 5.78 Å². The second-order valence-electron chi connectivity index (χ2n) is 8.81. The number of amides is 1. The van der Waals surface area contributed by atoms with Gasteiger partial charge in [0.1, 0.15) is 0 Å². The van der Waals surface area contributed by atoms with Crippen LogP contribution in [0.2, 0.25) is 0 Å². The zero-order valence-electron chi connectivity index (χ0n) is 20.1. The van der Waals surface area contributed by atoms with Gasteiger partial charge in [-0.2, -0.15) is 0 Å². The van der Waals surface area contributed by atoms with Crippen LogP contribution in [0.25, 0.3) is 0 Å². The fraction of sp³-hybridized carbons (Fsp3) is 0.259. The van der Waals surface area contributed by atoms with Crippen molar-refractivity contribution in [2.24, 2.45) is 0 Å². The van der Waals surface area contributed by atoms with Crippen molar-refractivity contribution in [1.82, 2.24) is 4.90 Å². The first-order chi connectivity index (χ1) is 16.6. The molecule has 0 aromatic heterocycles. The Labute approximate surface area is 206 Å². The number of hydrogen-bond acceptors (Lipinski definition) is 5. The van der Waals surface area contributed by atoms with Gasteiger partial charge in [-0.3, -0.25) is 14.3 Å². The van der Waals surface area contributed by atoms with Gasteiger partial charge in [-0.05, 0) is 92.6 Å². The van der Waals surface area contributed by atoms with Crippen molar-refractivity contribution in [3.05, 3.63) is 89.0 Å². The molecule has 4 rings (SSSR count). The SMILES string of the molecule is CC(=O)c1ccc(N2CCN(C(=O)c3ccc(NS(=O)(=O)c4ccc(C)c(C)c4)cc3)CC2)cc1.